The molecule has 1 aliphatic heterocycles. The van der Waals surface area contributed by atoms with Gasteiger partial charge in [-0.1, -0.05) is 60.7 Å². The minimum absolute atomic E-state index is 0.120. The third kappa shape index (κ3) is 3.03. The number of nitrogens with zero attached hydrogens (tertiary/aromatic N) is 4. The molecule has 2 aromatic heterocycles. The fourth-order valence-corrected chi connectivity index (χ4v) is 4.97. The first kappa shape index (κ1) is 20.5. The van der Waals surface area contributed by atoms with E-state index in [0.29, 0.717) is 22.9 Å². The van der Waals surface area contributed by atoms with E-state index in [1.54, 1.807) is 36.2 Å². The molecule has 1 aliphatic rings. The van der Waals surface area contributed by atoms with E-state index in [0.717, 1.165) is 39.0 Å². The Hall–Kier alpha value is -4.91. The third-order valence-electron chi connectivity index (χ3n) is 6.69. The number of fused-ring (bicyclic) bond motifs is 6. The van der Waals surface area contributed by atoms with E-state index in [9.17, 15) is 5.11 Å². The average molecular weight is 473 g/mol. The monoisotopic (exact) mass is 472 g/mol. The lowest BCUT2D eigenvalue weighted by molar-refractivity contribution is 0.414. The molecule has 1 N–H and O–H groups in total. The van der Waals surface area contributed by atoms with Crippen LogP contribution in [-0.4, -0.2) is 31.8 Å². The van der Waals surface area contributed by atoms with Crippen LogP contribution in [0.15, 0.2) is 91.3 Å². The van der Waals surface area contributed by atoms with Crippen molar-refractivity contribution in [3.05, 3.63) is 108 Å². The summed E-state index contributed by atoms with van der Waals surface area (Å²) >= 11 is 0. The van der Waals surface area contributed by atoms with E-state index in [2.05, 4.69) is 46.5 Å². The Morgan fingerprint density at radius 1 is 0.917 bits per heavy atom. The van der Waals surface area contributed by atoms with E-state index in [1.165, 1.54) is 0 Å². The zero-order valence-corrected chi connectivity index (χ0v) is 19.3. The number of para-hydroxylation sites is 1. The van der Waals surface area contributed by atoms with E-state index >= 15 is 0 Å². The standard InChI is InChI=1S/C29H20N4O3/c1-35-19-13-10-18(11-14-19)24-22-15-12-17-6-2-3-7-20(17)26(22)36-29-25(24)28-31-27(32-33(28)16-30-29)21-8-4-5-9-23(21)34/h2-16,24,34H,1H3/t24-/m1/s1. The molecule has 0 bridgehead atoms. The molecule has 7 heteroatoms. The molecular formula is C29H20N4O3. The number of aromatic hydroxyl groups is 1. The highest BCUT2D eigenvalue weighted by molar-refractivity contribution is 5.91. The first-order chi connectivity index (χ1) is 17.7. The second kappa shape index (κ2) is 7.81. The lowest BCUT2D eigenvalue weighted by Crippen LogP contribution is -2.15. The van der Waals surface area contributed by atoms with Crippen LogP contribution in [0.25, 0.3) is 27.8 Å². The number of benzene rings is 4. The smallest absolute Gasteiger partial charge is 0.228 e. The summed E-state index contributed by atoms with van der Waals surface area (Å²) in [5, 5.41) is 17.1. The van der Waals surface area contributed by atoms with Gasteiger partial charge < -0.3 is 14.6 Å². The molecule has 0 fully saturated rings. The van der Waals surface area contributed by atoms with Gasteiger partial charge in [0.05, 0.1) is 18.2 Å². The molecule has 0 unspecified atom stereocenters. The molecule has 0 amide bonds. The van der Waals surface area contributed by atoms with Crippen molar-refractivity contribution in [1.82, 2.24) is 19.6 Å². The predicted octanol–water partition coefficient (Wildman–Crippen LogP) is 5.94. The summed E-state index contributed by atoms with van der Waals surface area (Å²) in [5.74, 6) is 2.40. The molecule has 7 rings (SSSR count). The Morgan fingerprint density at radius 3 is 2.56 bits per heavy atom. The maximum atomic E-state index is 10.4. The fourth-order valence-electron chi connectivity index (χ4n) is 4.97. The van der Waals surface area contributed by atoms with Gasteiger partial charge in [-0.2, -0.15) is 0 Å². The van der Waals surface area contributed by atoms with Crippen LogP contribution in [0.4, 0.5) is 0 Å². The number of aromatic nitrogens is 4. The third-order valence-corrected chi connectivity index (χ3v) is 6.69. The average Bonchev–Trinajstić information content (AvgIpc) is 3.36. The molecule has 0 saturated heterocycles. The summed E-state index contributed by atoms with van der Waals surface area (Å²) in [6.07, 6.45) is 1.60. The van der Waals surface area contributed by atoms with Crippen molar-refractivity contribution in [2.75, 3.05) is 7.11 Å². The van der Waals surface area contributed by atoms with E-state index in [4.69, 9.17) is 14.5 Å². The zero-order chi connectivity index (χ0) is 24.2. The fraction of sp³-hybridized carbons (Fsp3) is 0.0690. The van der Waals surface area contributed by atoms with Crippen molar-refractivity contribution in [2.45, 2.75) is 5.92 Å². The minimum Gasteiger partial charge on any atom is -0.507 e. The van der Waals surface area contributed by atoms with E-state index < -0.39 is 0 Å². The quantitative estimate of drug-likeness (QED) is 0.343. The number of methoxy groups -OCH3 is 1. The molecule has 3 heterocycles. The Morgan fingerprint density at radius 2 is 1.72 bits per heavy atom. The summed E-state index contributed by atoms with van der Waals surface area (Å²) in [6.45, 7) is 0. The first-order valence-corrected chi connectivity index (χ1v) is 11.6. The second-order valence-electron chi connectivity index (χ2n) is 8.70. The first-order valence-electron chi connectivity index (χ1n) is 11.6. The van der Waals surface area contributed by atoms with Crippen LogP contribution in [0, 0.1) is 0 Å². The molecule has 7 nitrogen and oxygen atoms in total. The van der Waals surface area contributed by atoms with Gasteiger partial charge in [0.15, 0.2) is 11.5 Å². The minimum atomic E-state index is -0.197. The zero-order valence-electron chi connectivity index (χ0n) is 19.3. The van der Waals surface area contributed by atoms with Crippen LogP contribution >= 0.6 is 0 Å². The summed E-state index contributed by atoms with van der Waals surface area (Å²) in [7, 11) is 1.66. The van der Waals surface area contributed by atoms with Gasteiger partial charge in [-0.15, -0.1) is 5.10 Å². The van der Waals surface area contributed by atoms with Crippen LogP contribution < -0.4 is 9.47 Å². The molecule has 36 heavy (non-hydrogen) atoms. The van der Waals surface area contributed by atoms with Crippen molar-refractivity contribution < 1.29 is 14.6 Å². The molecule has 0 spiro atoms. The Balaban J connectivity index is 1.51. The van der Waals surface area contributed by atoms with Gasteiger partial charge in [0.2, 0.25) is 5.88 Å². The highest BCUT2D eigenvalue weighted by atomic mass is 16.5. The van der Waals surface area contributed by atoms with Gasteiger partial charge in [-0.05, 0) is 35.2 Å². The molecule has 1 atom stereocenters. The lowest BCUT2D eigenvalue weighted by Gasteiger charge is -2.28. The van der Waals surface area contributed by atoms with Crippen LogP contribution in [-0.2, 0) is 0 Å². The van der Waals surface area contributed by atoms with Crippen LogP contribution in [0.1, 0.15) is 22.6 Å². The molecule has 174 valence electrons. The van der Waals surface area contributed by atoms with E-state index in [1.807, 2.05) is 30.3 Å². The molecule has 0 aliphatic carbocycles. The maximum absolute atomic E-state index is 10.4. The number of phenolic OH excluding ortho intramolecular Hbond substituents is 1. The molecule has 0 radical (unpaired) electrons. The van der Waals surface area contributed by atoms with Crippen LogP contribution in [0.3, 0.4) is 0 Å². The summed E-state index contributed by atoms with van der Waals surface area (Å²) in [5.41, 5.74) is 4.07. The number of phenols is 1. The molecular weight excluding hydrogens is 452 g/mol. The Labute approximate surface area is 206 Å². The van der Waals surface area contributed by atoms with Crippen LogP contribution in [0.2, 0.25) is 0 Å². The highest BCUT2D eigenvalue weighted by Gasteiger charge is 2.34. The van der Waals surface area contributed by atoms with Gasteiger partial charge in [-0.25, -0.2) is 14.5 Å². The highest BCUT2D eigenvalue weighted by Crippen LogP contribution is 2.50. The second-order valence-corrected chi connectivity index (χ2v) is 8.70. The van der Waals surface area contributed by atoms with Gasteiger partial charge >= 0.3 is 0 Å². The number of ether oxygens (including phenoxy) is 2. The van der Waals surface area contributed by atoms with Crippen LogP contribution in [0.5, 0.6) is 23.1 Å². The normalized spacial score (nSPS) is 14.3. The summed E-state index contributed by atoms with van der Waals surface area (Å²) < 4.78 is 13.5. The summed E-state index contributed by atoms with van der Waals surface area (Å²) in [4.78, 5) is 9.49. The van der Waals surface area contributed by atoms with E-state index in [-0.39, 0.29) is 11.7 Å². The Kier molecular flexibility index (Phi) is 4.44. The van der Waals surface area contributed by atoms with Gasteiger partial charge in [0.25, 0.3) is 0 Å². The van der Waals surface area contributed by atoms with Crippen molar-refractivity contribution in [1.29, 1.82) is 0 Å². The largest absolute Gasteiger partial charge is 0.507 e. The molecule has 4 aromatic carbocycles. The van der Waals surface area contributed by atoms with Gasteiger partial charge in [0, 0.05) is 16.9 Å². The van der Waals surface area contributed by atoms with Crippen molar-refractivity contribution in [2.24, 2.45) is 0 Å². The number of rotatable bonds is 3. The SMILES string of the molecule is COc1ccc([C@@H]2c3ccc4ccccc4c3Oc3ncn4nc(-c5ccccc5O)nc4c32)cc1. The predicted molar refractivity (Wildman–Crippen MR) is 136 cm³/mol. The van der Waals surface area contributed by atoms with Gasteiger partial charge in [-0.3, -0.25) is 0 Å². The van der Waals surface area contributed by atoms with Crippen molar-refractivity contribution >= 4 is 16.4 Å². The van der Waals surface area contributed by atoms with Gasteiger partial charge in [0.1, 0.15) is 23.6 Å². The molecule has 6 aromatic rings. The topological polar surface area (TPSA) is 81.8 Å². The number of hydrogen-bond donors (Lipinski definition) is 1. The van der Waals surface area contributed by atoms with Crippen molar-refractivity contribution in [3.8, 4) is 34.5 Å². The maximum Gasteiger partial charge on any atom is 0.228 e. The lowest BCUT2D eigenvalue weighted by atomic mass is 9.83. The van der Waals surface area contributed by atoms with Crippen molar-refractivity contribution in [3.63, 3.8) is 0 Å². The molecule has 0 saturated carbocycles. The number of hydrogen-bond acceptors (Lipinski definition) is 6. The Bertz CT molecular complexity index is 1780. The summed E-state index contributed by atoms with van der Waals surface area (Å²) in [6, 6.07) is 27.5.